The summed E-state index contributed by atoms with van der Waals surface area (Å²) in [4.78, 5) is 29.0. The number of likely N-dealkylation sites (tertiary alicyclic amines) is 2. The SMILES string of the molecule is O=C(C1CCN(C(=O)C2CCCCC2)CC1)N1CCCC1. The van der Waals surface area contributed by atoms with Gasteiger partial charge in [-0.2, -0.15) is 0 Å². The molecule has 4 nitrogen and oxygen atoms in total. The molecule has 3 aliphatic rings. The van der Waals surface area contributed by atoms with Crippen LogP contribution in [0.15, 0.2) is 0 Å². The second kappa shape index (κ2) is 6.80. The fourth-order valence-corrected chi connectivity index (χ4v) is 4.15. The Balaban J connectivity index is 1.48. The highest BCUT2D eigenvalue weighted by Crippen LogP contribution is 2.28. The molecule has 21 heavy (non-hydrogen) atoms. The van der Waals surface area contributed by atoms with Crippen LogP contribution >= 0.6 is 0 Å². The molecule has 1 saturated carbocycles. The Hall–Kier alpha value is -1.06. The van der Waals surface area contributed by atoms with Crippen LogP contribution in [-0.2, 0) is 9.59 Å². The highest BCUT2D eigenvalue weighted by molar-refractivity contribution is 5.81. The van der Waals surface area contributed by atoms with Gasteiger partial charge >= 0.3 is 0 Å². The molecule has 3 rings (SSSR count). The lowest BCUT2D eigenvalue weighted by atomic mass is 9.87. The second-order valence-corrected chi connectivity index (χ2v) is 6.97. The van der Waals surface area contributed by atoms with E-state index in [9.17, 15) is 9.59 Å². The van der Waals surface area contributed by atoms with E-state index in [1.54, 1.807) is 0 Å². The van der Waals surface area contributed by atoms with Crippen LogP contribution in [0.2, 0.25) is 0 Å². The van der Waals surface area contributed by atoms with Gasteiger partial charge in [-0.3, -0.25) is 9.59 Å². The van der Waals surface area contributed by atoms with E-state index in [0.29, 0.717) is 11.8 Å². The van der Waals surface area contributed by atoms with Crippen LogP contribution in [-0.4, -0.2) is 47.8 Å². The summed E-state index contributed by atoms with van der Waals surface area (Å²) in [5, 5.41) is 0. The van der Waals surface area contributed by atoms with Crippen molar-refractivity contribution in [2.45, 2.75) is 57.8 Å². The van der Waals surface area contributed by atoms with Crippen molar-refractivity contribution in [2.24, 2.45) is 11.8 Å². The Labute approximate surface area is 127 Å². The Morgan fingerprint density at radius 3 is 1.62 bits per heavy atom. The summed E-state index contributed by atoms with van der Waals surface area (Å²) in [5.74, 6) is 1.14. The molecule has 0 atom stereocenters. The monoisotopic (exact) mass is 292 g/mol. The van der Waals surface area contributed by atoms with Crippen molar-refractivity contribution < 1.29 is 9.59 Å². The minimum absolute atomic E-state index is 0.165. The normalized spacial score (nSPS) is 25.3. The average Bonchev–Trinajstić information content (AvgIpc) is 3.09. The average molecular weight is 292 g/mol. The molecule has 0 spiro atoms. The first-order chi connectivity index (χ1) is 10.3. The van der Waals surface area contributed by atoms with Crippen molar-refractivity contribution >= 4 is 11.8 Å². The summed E-state index contributed by atoms with van der Waals surface area (Å²) in [6, 6.07) is 0. The quantitative estimate of drug-likeness (QED) is 0.784. The summed E-state index contributed by atoms with van der Waals surface area (Å²) in [6.45, 7) is 3.47. The van der Waals surface area contributed by atoms with E-state index in [0.717, 1.165) is 64.7 Å². The third-order valence-corrected chi connectivity index (χ3v) is 5.53. The zero-order valence-corrected chi connectivity index (χ0v) is 13.1. The van der Waals surface area contributed by atoms with E-state index in [1.165, 1.54) is 19.3 Å². The first-order valence-corrected chi connectivity index (χ1v) is 8.83. The molecule has 4 heteroatoms. The van der Waals surface area contributed by atoms with Crippen LogP contribution in [0.1, 0.15) is 57.8 Å². The number of rotatable bonds is 2. The van der Waals surface area contributed by atoms with Gasteiger partial charge in [0.2, 0.25) is 11.8 Å². The van der Waals surface area contributed by atoms with Crippen LogP contribution in [0.25, 0.3) is 0 Å². The molecule has 2 heterocycles. The molecule has 0 bridgehead atoms. The van der Waals surface area contributed by atoms with E-state index < -0.39 is 0 Å². The van der Waals surface area contributed by atoms with Gasteiger partial charge in [0.1, 0.15) is 0 Å². The highest BCUT2D eigenvalue weighted by Gasteiger charge is 2.33. The van der Waals surface area contributed by atoms with Gasteiger partial charge in [-0.1, -0.05) is 19.3 Å². The van der Waals surface area contributed by atoms with Gasteiger partial charge in [0.05, 0.1) is 0 Å². The second-order valence-electron chi connectivity index (χ2n) is 6.97. The number of carbonyl (C=O) groups excluding carboxylic acids is 2. The fraction of sp³-hybridized carbons (Fsp3) is 0.882. The number of nitrogens with zero attached hydrogens (tertiary/aromatic N) is 2. The molecule has 0 aromatic heterocycles. The molecule has 0 aromatic rings. The Bertz CT molecular complexity index is 376. The van der Waals surface area contributed by atoms with Gasteiger partial charge in [0.25, 0.3) is 0 Å². The lowest BCUT2D eigenvalue weighted by molar-refractivity contribution is -0.142. The third kappa shape index (κ3) is 3.41. The van der Waals surface area contributed by atoms with Crippen molar-refractivity contribution in [2.75, 3.05) is 26.2 Å². The molecule has 2 amide bonds. The van der Waals surface area contributed by atoms with Crippen molar-refractivity contribution in [3.05, 3.63) is 0 Å². The van der Waals surface area contributed by atoms with Gasteiger partial charge in [0.15, 0.2) is 0 Å². The van der Waals surface area contributed by atoms with Crippen LogP contribution < -0.4 is 0 Å². The van der Waals surface area contributed by atoms with Gasteiger partial charge in [-0.15, -0.1) is 0 Å². The topological polar surface area (TPSA) is 40.6 Å². The molecule has 0 aromatic carbocycles. The number of hydrogen-bond donors (Lipinski definition) is 0. The van der Waals surface area contributed by atoms with Crippen molar-refractivity contribution in [3.63, 3.8) is 0 Å². The zero-order valence-electron chi connectivity index (χ0n) is 13.1. The van der Waals surface area contributed by atoms with Crippen molar-refractivity contribution in [1.82, 2.24) is 9.80 Å². The van der Waals surface area contributed by atoms with Crippen LogP contribution in [0.4, 0.5) is 0 Å². The molecule has 1 aliphatic carbocycles. The smallest absolute Gasteiger partial charge is 0.225 e. The summed E-state index contributed by atoms with van der Waals surface area (Å²) < 4.78 is 0. The maximum atomic E-state index is 12.5. The Kier molecular flexibility index (Phi) is 4.81. The van der Waals surface area contributed by atoms with E-state index in [1.807, 2.05) is 9.80 Å². The van der Waals surface area contributed by atoms with Gasteiger partial charge in [-0.05, 0) is 38.5 Å². The molecular formula is C17H28N2O2. The molecular weight excluding hydrogens is 264 g/mol. The van der Waals surface area contributed by atoms with Crippen LogP contribution in [0, 0.1) is 11.8 Å². The molecule has 0 unspecified atom stereocenters. The number of hydrogen-bond acceptors (Lipinski definition) is 2. The zero-order chi connectivity index (χ0) is 14.7. The molecule has 2 aliphatic heterocycles. The molecule has 118 valence electrons. The lowest BCUT2D eigenvalue weighted by Crippen LogP contribution is -2.45. The van der Waals surface area contributed by atoms with Crippen molar-refractivity contribution in [1.29, 1.82) is 0 Å². The summed E-state index contributed by atoms with van der Waals surface area (Å²) >= 11 is 0. The maximum absolute atomic E-state index is 12.5. The molecule has 2 saturated heterocycles. The highest BCUT2D eigenvalue weighted by atomic mass is 16.2. The fourth-order valence-electron chi connectivity index (χ4n) is 4.15. The van der Waals surface area contributed by atoms with E-state index in [-0.39, 0.29) is 11.8 Å². The Morgan fingerprint density at radius 2 is 1.05 bits per heavy atom. The largest absolute Gasteiger partial charge is 0.342 e. The first kappa shape index (κ1) is 14.9. The summed E-state index contributed by atoms with van der Waals surface area (Å²) in [5.41, 5.74) is 0. The summed E-state index contributed by atoms with van der Waals surface area (Å²) in [7, 11) is 0. The minimum atomic E-state index is 0.165. The summed E-state index contributed by atoms with van der Waals surface area (Å²) in [6.07, 6.45) is 9.91. The standard InChI is InChI=1S/C17H28N2O2/c20-16(14-6-2-1-3-7-14)19-12-8-15(9-13-19)17(21)18-10-4-5-11-18/h14-15H,1-13H2. The Morgan fingerprint density at radius 1 is 0.571 bits per heavy atom. The van der Waals surface area contributed by atoms with E-state index in [2.05, 4.69) is 0 Å². The van der Waals surface area contributed by atoms with Gasteiger partial charge in [0, 0.05) is 38.0 Å². The number of amides is 2. The van der Waals surface area contributed by atoms with E-state index >= 15 is 0 Å². The van der Waals surface area contributed by atoms with Crippen LogP contribution in [0.5, 0.6) is 0 Å². The third-order valence-electron chi connectivity index (χ3n) is 5.53. The predicted octanol–water partition coefficient (Wildman–Crippen LogP) is 2.43. The number of piperidine rings is 1. The van der Waals surface area contributed by atoms with E-state index in [4.69, 9.17) is 0 Å². The lowest BCUT2D eigenvalue weighted by Gasteiger charge is -2.35. The van der Waals surface area contributed by atoms with Gasteiger partial charge < -0.3 is 9.80 Å². The molecule has 3 fully saturated rings. The first-order valence-electron chi connectivity index (χ1n) is 8.83. The molecule has 0 radical (unpaired) electrons. The van der Waals surface area contributed by atoms with Crippen molar-refractivity contribution in [3.8, 4) is 0 Å². The van der Waals surface area contributed by atoms with Crippen LogP contribution in [0.3, 0.4) is 0 Å². The maximum Gasteiger partial charge on any atom is 0.225 e. The van der Waals surface area contributed by atoms with Gasteiger partial charge in [-0.25, -0.2) is 0 Å². The predicted molar refractivity (Wildman–Crippen MR) is 81.7 cm³/mol. The number of carbonyl (C=O) groups is 2. The molecule has 0 N–H and O–H groups in total. The minimum Gasteiger partial charge on any atom is -0.342 e.